The lowest BCUT2D eigenvalue weighted by Gasteiger charge is -2.39. The summed E-state index contributed by atoms with van der Waals surface area (Å²) in [5.41, 5.74) is -1.25. The Morgan fingerprint density at radius 3 is 2.02 bits per heavy atom. The van der Waals surface area contributed by atoms with Crippen molar-refractivity contribution < 1.29 is 35.1 Å². The van der Waals surface area contributed by atoms with Gasteiger partial charge < -0.3 is 40.9 Å². The zero-order valence-corrected chi connectivity index (χ0v) is 27.0. The highest BCUT2D eigenvalue weighted by atomic mass is 16.6. The van der Waals surface area contributed by atoms with Crippen LogP contribution in [0.3, 0.4) is 0 Å². The molecular formula is C31H62N2O7. The molecule has 7 N–H and O–H groups in total. The Labute approximate surface area is 243 Å². The summed E-state index contributed by atoms with van der Waals surface area (Å²) in [4.78, 5) is 13.0. The molecule has 40 heavy (non-hydrogen) atoms. The van der Waals surface area contributed by atoms with Crippen molar-refractivity contribution in [1.82, 2.24) is 10.6 Å². The maximum atomic E-state index is 13.0. The third-order valence-corrected chi connectivity index (χ3v) is 8.37. The molecule has 9 heteroatoms. The van der Waals surface area contributed by atoms with Crippen LogP contribution in [0.15, 0.2) is 0 Å². The highest BCUT2D eigenvalue weighted by Gasteiger charge is 2.38. The Bertz CT molecular complexity index is 765. The van der Waals surface area contributed by atoms with Gasteiger partial charge in [-0.25, -0.2) is 4.79 Å². The minimum absolute atomic E-state index is 0.0246. The molecule has 0 saturated heterocycles. The monoisotopic (exact) mass is 574 g/mol. The fourth-order valence-electron chi connectivity index (χ4n) is 6.24. The molecular weight excluding hydrogens is 512 g/mol. The third-order valence-electron chi connectivity index (χ3n) is 8.37. The second-order valence-electron chi connectivity index (χ2n) is 15.5. The van der Waals surface area contributed by atoms with E-state index in [4.69, 9.17) is 4.74 Å². The van der Waals surface area contributed by atoms with Gasteiger partial charge in [0.15, 0.2) is 0 Å². The first kappa shape index (κ1) is 37.1. The number of rotatable bonds is 13. The molecule has 1 fully saturated rings. The molecule has 1 rings (SSSR count). The van der Waals surface area contributed by atoms with Crippen LogP contribution < -0.4 is 10.6 Å². The molecule has 0 radical (unpaired) electrons. The molecule has 1 aliphatic carbocycles. The molecule has 0 aliphatic heterocycles. The smallest absolute Gasteiger partial charge is 0.408 e. The van der Waals surface area contributed by atoms with Gasteiger partial charge in [0, 0.05) is 19.0 Å². The topological polar surface area (TPSA) is 152 Å². The summed E-state index contributed by atoms with van der Waals surface area (Å²) in [5.74, 6) is 0. The van der Waals surface area contributed by atoms with Crippen molar-refractivity contribution >= 4 is 6.09 Å². The predicted molar refractivity (Wildman–Crippen MR) is 159 cm³/mol. The molecule has 1 aliphatic rings. The lowest BCUT2D eigenvalue weighted by Crippen LogP contribution is -2.57. The number of amides is 1. The van der Waals surface area contributed by atoms with Crippen LogP contribution in [0.5, 0.6) is 0 Å². The highest BCUT2D eigenvalue weighted by Crippen LogP contribution is 2.39. The van der Waals surface area contributed by atoms with Crippen molar-refractivity contribution in [2.24, 2.45) is 16.2 Å². The van der Waals surface area contributed by atoms with Gasteiger partial charge in [-0.15, -0.1) is 0 Å². The minimum Gasteiger partial charge on any atom is -0.444 e. The fraction of sp³-hybridized carbons (Fsp3) is 0.968. The van der Waals surface area contributed by atoms with Crippen molar-refractivity contribution in [3.8, 4) is 0 Å². The van der Waals surface area contributed by atoms with Gasteiger partial charge in [0.05, 0.1) is 30.5 Å². The molecule has 1 saturated carbocycles. The zero-order valence-electron chi connectivity index (χ0n) is 27.0. The average Bonchev–Trinajstić information content (AvgIpc) is 2.78. The molecule has 9 nitrogen and oxygen atoms in total. The Kier molecular flexibility index (Phi) is 13.9. The number of aliphatic hydroxyl groups excluding tert-OH is 5. The Hall–Kier alpha value is -0.970. The lowest BCUT2D eigenvalue weighted by atomic mass is 9.70. The summed E-state index contributed by atoms with van der Waals surface area (Å²) in [6, 6.07) is -1.37. The van der Waals surface area contributed by atoms with Gasteiger partial charge in [-0.1, -0.05) is 74.7 Å². The van der Waals surface area contributed by atoms with Crippen molar-refractivity contribution in [2.75, 3.05) is 6.54 Å². The number of aliphatic hydroxyl groups is 5. The SMILES string of the molecule is CCC(C)(C)CC(C)(C)C(O)CC(O)C(CNC1CCCCC(O)C(O)C1O)NC(=O)OC(C)(C)CC(C)(C)C. The van der Waals surface area contributed by atoms with E-state index in [0.29, 0.717) is 19.3 Å². The van der Waals surface area contributed by atoms with Crippen LogP contribution in [-0.4, -0.2) is 86.4 Å². The van der Waals surface area contributed by atoms with Crippen molar-refractivity contribution in [1.29, 1.82) is 0 Å². The van der Waals surface area contributed by atoms with Crippen LogP contribution >= 0.6 is 0 Å². The van der Waals surface area contributed by atoms with Gasteiger partial charge in [0.2, 0.25) is 0 Å². The number of nitrogens with one attached hydrogen (secondary N) is 2. The van der Waals surface area contributed by atoms with Crippen LogP contribution in [0, 0.1) is 16.2 Å². The number of alkyl carbamates (subject to hydrolysis) is 1. The molecule has 238 valence electrons. The summed E-state index contributed by atoms with van der Waals surface area (Å²) in [6.07, 6.45) is -1.25. The van der Waals surface area contributed by atoms with Gasteiger partial charge in [-0.05, 0) is 55.8 Å². The first-order valence-corrected chi connectivity index (χ1v) is 15.2. The average molecular weight is 575 g/mol. The summed E-state index contributed by atoms with van der Waals surface area (Å²) in [6.45, 7) is 20.4. The maximum absolute atomic E-state index is 13.0. The quantitative estimate of drug-likeness (QED) is 0.175. The van der Waals surface area contributed by atoms with Gasteiger partial charge >= 0.3 is 6.09 Å². The number of carbonyl (C=O) groups excluding carboxylic acids is 1. The van der Waals surface area contributed by atoms with Crippen LogP contribution in [0.2, 0.25) is 0 Å². The summed E-state index contributed by atoms with van der Waals surface area (Å²) in [7, 11) is 0. The van der Waals surface area contributed by atoms with E-state index < -0.39 is 59.7 Å². The van der Waals surface area contributed by atoms with Crippen molar-refractivity contribution in [3.05, 3.63) is 0 Å². The summed E-state index contributed by atoms with van der Waals surface area (Å²) < 4.78 is 5.75. The molecule has 7 atom stereocenters. The summed E-state index contributed by atoms with van der Waals surface area (Å²) in [5, 5.41) is 59.7. The highest BCUT2D eigenvalue weighted by molar-refractivity contribution is 5.68. The van der Waals surface area contributed by atoms with Crippen molar-refractivity contribution in [3.63, 3.8) is 0 Å². The molecule has 1 amide bonds. The molecule has 0 aromatic rings. The van der Waals surface area contributed by atoms with E-state index in [0.717, 1.165) is 25.7 Å². The Morgan fingerprint density at radius 2 is 1.48 bits per heavy atom. The molecule has 7 unspecified atom stereocenters. The van der Waals surface area contributed by atoms with Crippen LogP contribution in [0.25, 0.3) is 0 Å². The van der Waals surface area contributed by atoms with Gasteiger partial charge in [-0.2, -0.15) is 0 Å². The van der Waals surface area contributed by atoms with E-state index in [2.05, 4.69) is 52.2 Å². The fourth-order valence-corrected chi connectivity index (χ4v) is 6.24. The normalized spacial score (nSPS) is 25.9. The van der Waals surface area contributed by atoms with Gasteiger partial charge in [0.1, 0.15) is 11.7 Å². The molecule has 0 bridgehead atoms. The number of hydrogen-bond acceptors (Lipinski definition) is 8. The van der Waals surface area contributed by atoms with Gasteiger partial charge in [0.25, 0.3) is 0 Å². The molecule has 0 aromatic carbocycles. The Morgan fingerprint density at radius 1 is 0.900 bits per heavy atom. The minimum atomic E-state index is -1.29. The second kappa shape index (κ2) is 15.0. The van der Waals surface area contributed by atoms with E-state index in [1.165, 1.54) is 0 Å². The Balaban J connectivity index is 3.07. The first-order chi connectivity index (χ1) is 18.1. The van der Waals surface area contributed by atoms with E-state index >= 15 is 0 Å². The second-order valence-corrected chi connectivity index (χ2v) is 15.5. The third kappa shape index (κ3) is 12.9. The maximum Gasteiger partial charge on any atom is 0.408 e. The standard InChI is InChI=1S/C31H62N2O7/c1-11-29(5,6)19-30(7,8)24(36)16-23(35)21(33-27(39)40-31(9,10)18-28(2,3)4)17-32-20-14-12-13-15-22(34)26(38)25(20)37/h20-26,32,34-38H,11-19H2,1-10H3,(H,33,39). The van der Waals surface area contributed by atoms with Crippen LogP contribution in [0.1, 0.15) is 121 Å². The predicted octanol–water partition coefficient (Wildman–Crippen LogP) is 3.88. The van der Waals surface area contributed by atoms with Crippen LogP contribution in [0.4, 0.5) is 4.79 Å². The number of ether oxygens (including phenoxy) is 1. The van der Waals surface area contributed by atoms with E-state index in [1.807, 2.05) is 27.7 Å². The molecule has 0 spiro atoms. The van der Waals surface area contributed by atoms with Crippen LogP contribution in [-0.2, 0) is 4.74 Å². The van der Waals surface area contributed by atoms with Crippen molar-refractivity contribution in [2.45, 2.75) is 169 Å². The van der Waals surface area contributed by atoms with E-state index in [1.54, 1.807) is 0 Å². The largest absolute Gasteiger partial charge is 0.444 e. The lowest BCUT2D eigenvalue weighted by molar-refractivity contribution is -0.0819. The summed E-state index contributed by atoms with van der Waals surface area (Å²) >= 11 is 0. The molecule has 0 aromatic heterocycles. The van der Waals surface area contributed by atoms with Gasteiger partial charge in [-0.3, -0.25) is 0 Å². The number of hydrogen-bond donors (Lipinski definition) is 7. The number of carbonyl (C=O) groups is 1. The molecule has 0 heterocycles. The van der Waals surface area contributed by atoms with E-state index in [9.17, 15) is 30.3 Å². The zero-order chi connectivity index (χ0) is 31.1. The first-order valence-electron chi connectivity index (χ1n) is 15.2. The van der Waals surface area contributed by atoms with E-state index in [-0.39, 0.29) is 23.8 Å².